The summed E-state index contributed by atoms with van der Waals surface area (Å²) in [7, 11) is 0. The molecule has 0 rings (SSSR count). The Labute approximate surface area is 118 Å². The van der Waals surface area contributed by atoms with Crippen molar-refractivity contribution in [3.8, 4) is 0 Å². The smallest absolute Gasteiger partial charge is 1.00 e. The Morgan fingerprint density at radius 1 is 1.22 bits per heavy atom. The molecule has 0 aliphatic heterocycles. The number of ether oxygens (including phenoxy) is 1. The van der Waals surface area contributed by atoms with Gasteiger partial charge in [-0.1, -0.05) is 0 Å². The molecule has 0 spiro atoms. The van der Waals surface area contributed by atoms with Gasteiger partial charge in [-0.05, 0) is 0 Å². The molecule has 0 bridgehead atoms. The minimum absolute atomic E-state index is 0. The van der Waals surface area contributed by atoms with E-state index >= 15 is 0 Å². The molecule has 0 heterocycles. The van der Waals surface area contributed by atoms with E-state index in [2.05, 4.69) is 4.74 Å². The largest absolute Gasteiger partial charge is 1.00 e. The Bertz CT molecular complexity index is 98.7. The molecular weight excluding hydrogens is 166 g/mol. The van der Waals surface area contributed by atoms with Gasteiger partial charge in [-0.2, -0.15) is 0 Å². The van der Waals surface area contributed by atoms with Gasteiger partial charge in [0.2, 0.25) is 0 Å². The van der Waals surface area contributed by atoms with Gasteiger partial charge in [-0.3, -0.25) is 0 Å². The minimum atomic E-state index is -1.81. The average molecular weight is 170 g/mol. The van der Waals surface area contributed by atoms with Gasteiger partial charge in [0.05, 0.1) is 0 Å². The van der Waals surface area contributed by atoms with E-state index < -0.39 is 12.3 Å². The fourth-order valence-corrected chi connectivity index (χ4v) is 0.0747. The molecule has 0 unspecified atom stereocenters. The van der Waals surface area contributed by atoms with E-state index in [4.69, 9.17) is 10.2 Å². The van der Waals surface area contributed by atoms with Crippen LogP contribution in [0.25, 0.3) is 0 Å². The van der Waals surface area contributed by atoms with Crippen LogP contribution in [0.5, 0.6) is 0 Å². The van der Waals surface area contributed by atoms with E-state index in [-0.39, 0.29) is 83.8 Å². The summed E-state index contributed by atoms with van der Waals surface area (Å²) >= 11 is 0. The molecule has 44 valence electrons. The summed E-state index contributed by atoms with van der Waals surface area (Å²) in [5.74, 6) is 0. The molecule has 7 heteroatoms. The summed E-state index contributed by atoms with van der Waals surface area (Å²) in [6.07, 6.45) is -3.62. The first kappa shape index (κ1) is 16.8. The average Bonchev–Trinajstić information content (AvgIpc) is 1.27. The molecule has 0 saturated heterocycles. The van der Waals surface area contributed by atoms with Crippen molar-refractivity contribution in [3.05, 3.63) is 0 Å². The number of hydrogen-bond donors (Lipinski definition) is 2. The van der Waals surface area contributed by atoms with Crippen LogP contribution in [0.1, 0.15) is 2.85 Å². The molecule has 5 nitrogen and oxygen atoms in total. The zero-order chi connectivity index (χ0) is 5.86. The molecule has 0 aromatic heterocycles. The molecule has 2 N–H and O–H groups in total. The van der Waals surface area contributed by atoms with Crippen LogP contribution in [-0.2, 0) is 4.74 Å². The van der Waals surface area contributed by atoms with Gasteiger partial charge in [0, 0.05) is 0 Å². The Kier molecular flexibility index (Phi) is 17.5. The van der Waals surface area contributed by atoms with Crippen molar-refractivity contribution in [2.24, 2.45) is 0 Å². The number of carbonyl (C=O) groups is 2. The van der Waals surface area contributed by atoms with E-state index in [9.17, 15) is 9.59 Å². The standard InChI is InChI=1S/C2H2O5.K.Na.2H/c3-1(4)7-2(5)6;;;;/h(H,3,4)(H,5,6);;;;/q;2*+1;2*-1. The third-order valence-electron chi connectivity index (χ3n) is 0.175. The van der Waals surface area contributed by atoms with E-state index in [0.29, 0.717) is 0 Å². The van der Waals surface area contributed by atoms with Crippen molar-refractivity contribution < 1.29 is 108 Å². The second-order valence-electron chi connectivity index (χ2n) is 0.634. The number of carboxylic acid groups (broad SMARTS) is 2. The first-order valence-electron chi connectivity index (χ1n) is 1.26. The fraction of sp³-hybridized carbons (Fsp3) is 0. The van der Waals surface area contributed by atoms with Crippen LogP contribution in [0.2, 0.25) is 0 Å². The van der Waals surface area contributed by atoms with Crippen LogP contribution in [0.15, 0.2) is 0 Å². The molecule has 9 heavy (non-hydrogen) atoms. The summed E-state index contributed by atoms with van der Waals surface area (Å²) < 4.78 is 3.08. The molecule has 0 saturated carbocycles. The van der Waals surface area contributed by atoms with Gasteiger partial charge >= 0.3 is 93.3 Å². The molecular formula is C2H4KNaO5. The van der Waals surface area contributed by atoms with Crippen LogP contribution in [0.3, 0.4) is 0 Å². The summed E-state index contributed by atoms with van der Waals surface area (Å²) in [5.41, 5.74) is 0. The second-order valence-corrected chi connectivity index (χ2v) is 0.634. The first-order chi connectivity index (χ1) is 3.13. The van der Waals surface area contributed by atoms with Gasteiger partial charge in [0.1, 0.15) is 0 Å². The predicted octanol–water partition coefficient (Wildman–Crippen LogP) is -5.41. The zero-order valence-electron chi connectivity index (χ0n) is 7.12. The van der Waals surface area contributed by atoms with Gasteiger partial charge in [-0.15, -0.1) is 0 Å². The monoisotopic (exact) mass is 170 g/mol. The number of rotatable bonds is 0. The predicted molar refractivity (Wildman–Crippen MR) is 19.4 cm³/mol. The van der Waals surface area contributed by atoms with Crippen molar-refractivity contribution in [1.82, 2.24) is 0 Å². The van der Waals surface area contributed by atoms with Crippen molar-refractivity contribution >= 4 is 12.3 Å². The zero-order valence-corrected chi connectivity index (χ0v) is 10.2. The summed E-state index contributed by atoms with van der Waals surface area (Å²) in [4.78, 5) is 18.4. The molecule has 0 aliphatic rings. The third kappa shape index (κ3) is 17.6. The SMILES string of the molecule is O=C(O)OC(=O)O.[H-].[H-].[K+].[Na+]. The van der Waals surface area contributed by atoms with Gasteiger partial charge in [0.25, 0.3) is 0 Å². The molecule has 0 fully saturated rings. The van der Waals surface area contributed by atoms with Crippen LogP contribution in [0.4, 0.5) is 9.59 Å². The van der Waals surface area contributed by atoms with Crippen LogP contribution >= 0.6 is 0 Å². The molecule has 0 aromatic rings. The van der Waals surface area contributed by atoms with Crippen molar-refractivity contribution in [1.29, 1.82) is 0 Å². The van der Waals surface area contributed by atoms with Gasteiger partial charge in [-0.25, -0.2) is 9.59 Å². The van der Waals surface area contributed by atoms with Crippen molar-refractivity contribution in [3.63, 3.8) is 0 Å². The van der Waals surface area contributed by atoms with E-state index in [0.717, 1.165) is 0 Å². The molecule has 0 aromatic carbocycles. The maximum absolute atomic E-state index is 9.21. The Morgan fingerprint density at radius 2 is 1.44 bits per heavy atom. The molecule has 0 amide bonds. The Hall–Kier alpha value is 1.38. The maximum Gasteiger partial charge on any atom is 1.00 e. The van der Waals surface area contributed by atoms with E-state index in [1.807, 2.05) is 0 Å². The minimum Gasteiger partial charge on any atom is -1.00 e. The van der Waals surface area contributed by atoms with Crippen LogP contribution in [-0.4, -0.2) is 22.5 Å². The van der Waals surface area contributed by atoms with E-state index in [1.165, 1.54) is 0 Å². The topological polar surface area (TPSA) is 83.8 Å². The van der Waals surface area contributed by atoms with Crippen molar-refractivity contribution in [2.75, 3.05) is 0 Å². The summed E-state index contributed by atoms with van der Waals surface area (Å²) in [6, 6.07) is 0. The number of hydrogen-bond acceptors (Lipinski definition) is 3. The van der Waals surface area contributed by atoms with Crippen LogP contribution in [0, 0.1) is 0 Å². The Balaban J connectivity index is -0.0000000300. The van der Waals surface area contributed by atoms with Gasteiger partial charge in [0.15, 0.2) is 0 Å². The van der Waals surface area contributed by atoms with Crippen LogP contribution < -0.4 is 80.9 Å². The quantitative estimate of drug-likeness (QED) is 0.215. The summed E-state index contributed by atoms with van der Waals surface area (Å²) in [6.45, 7) is 0. The second kappa shape index (κ2) is 9.38. The molecule has 0 aliphatic carbocycles. The van der Waals surface area contributed by atoms with Crippen molar-refractivity contribution in [2.45, 2.75) is 0 Å². The third-order valence-corrected chi connectivity index (χ3v) is 0.175. The first-order valence-corrected chi connectivity index (χ1v) is 1.26. The maximum atomic E-state index is 9.21. The Morgan fingerprint density at radius 3 is 1.44 bits per heavy atom. The molecule has 0 radical (unpaired) electrons. The molecule has 0 atom stereocenters. The summed E-state index contributed by atoms with van der Waals surface area (Å²) in [5, 5.41) is 15.0. The normalized spacial score (nSPS) is 5.78. The fourth-order valence-electron chi connectivity index (χ4n) is 0.0747. The van der Waals surface area contributed by atoms with E-state index in [1.54, 1.807) is 0 Å². The van der Waals surface area contributed by atoms with Gasteiger partial charge < -0.3 is 17.8 Å².